The molecule has 0 spiro atoms. The van der Waals surface area contributed by atoms with E-state index in [2.05, 4.69) is 0 Å². The first-order valence-corrected chi connectivity index (χ1v) is 4.99. The van der Waals surface area contributed by atoms with Crippen molar-refractivity contribution in [2.45, 2.75) is 0 Å². The Bertz CT molecular complexity index is 619. The summed E-state index contributed by atoms with van der Waals surface area (Å²) >= 11 is 4.85. The average molecular weight is 234 g/mol. The predicted octanol–water partition coefficient (Wildman–Crippen LogP) is 1.56. The quantitative estimate of drug-likeness (QED) is 0.773. The minimum absolute atomic E-state index is 0.0340. The molecule has 82 valence electrons. The Morgan fingerprint density at radius 1 is 1.50 bits per heavy atom. The van der Waals surface area contributed by atoms with Crippen LogP contribution in [0.15, 0.2) is 28.7 Å². The second-order valence-corrected chi connectivity index (χ2v) is 3.67. The fraction of sp³-hybridized carbons (Fsp3) is 0.0909. The molecule has 4 nitrogen and oxygen atoms in total. The maximum atomic E-state index is 7.64. The van der Waals surface area contributed by atoms with Gasteiger partial charge in [0.05, 0.1) is 18.1 Å². The molecule has 0 saturated carbocycles. The molecule has 3 N–H and O–H groups in total. The van der Waals surface area contributed by atoms with E-state index in [0.29, 0.717) is 16.9 Å². The van der Waals surface area contributed by atoms with Crippen molar-refractivity contribution in [1.29, 1.82) is 5.41 Å². The molecule has 0 aliphatic carbocycles. The topological polar surface area (TPSA) is 72.2 Å². The molecule has 1 aromatic carbocycles. The third-order valence-corrected chi connectivity index (χ3v) is 2.48. The van der Waals surface area contributed by atoms with Crippen molar-refractivity contribution in [3.8, 4) is 5.75 Å². The molecule has 0 unspecified atom stereocenters. The number of hydrogen-bond acceptors (Lipinski definition) is 4. The summed E-state index contributed by atoms with van der Waals surface area (Å²) in [7, 11) is 1.57. The summed E-state index contributed by atoms with van der Waals surface area (Å²) in [5.41, 5.74) is 6.46. The van der Waals surface area contributed by atoms with Gasteiger partial charge in [-0.3, -0.25) is 5.41 Å². The zero-order chi connectivity index (χ0) is 11.7. The molecule has 0 bridgehead atoms. The van der Waals surface area contributed by atoms with E-state index in [1.807, 2.05) is 6.07 Å². The van der Waals surface area contributed by atoms with Gasteiger partial charge in [-0.05, 0) is 18.2 Å². The van der Waals surface area contributed by atoms with E-state index in [4.69, 9.17) is 32.5 Å². The van der Waals surface area contributed by atoms with E-state index in [-0.39, 0.29) is 10.5 Å². The molecule has 16 heavy (non-hydrogen) atoms. The van der Waals surface area contributed by atoms with Gasteiger partial charge >= 0.3 is 0 Å². The molecule has 0 amide bonds. The molecular weight excluding hydrogens is 224 g/mol. The molecule has 0 aliphatic heterocycles. The summed E-state index contributed by atoms with van der Waals surface area (Å²) in [6, 6.07) is 7.08. The Labute approximate surface area is 97.1 Å². The van der Waals surface area contributed by atoms with Crippen LogP contribution in [0.1, 0.15) is 5.56 Å². The Hall–Kier alpha value is -1.88. The summed E-state index contributed by atoms with van der Waals surface area (Å²) in [4.78, 5) is 0.140. The van der Waals surface area contributed by atoms with Gasteiger partial charge in [-0.2, -0.15) is 0 Å². The largest absolute Gasteiger partial charge is 0.496 e. The molecular formula is C11H10N2O2S. The van der Waals surface area contributed by atoms with Crippen molar-refractivity contribution in [3.05, 3.63) is 35.4 Å². The monoisotopic (exact) mass is 234 g/mol. The van der Waals surface area contributed by atoms with Gasteiger partial charge in [0.25, 0.3) is 0 Å². The minimum atomic E-state index is -0.0340. The summed E-state index contributed by atoms with van der Waals surface area (Å²) in [5.74, 6) is 0.666. The van der Waals surface area contributed by atoms with Crippen LogP contribution in [0, 0.1) is 5.41 Å². The van der Waals surface area contributed by atoms with Crippen LogP contribution in [-0.2, 0) is 0 Å². The van der Waals surface area contributed by atoms with Crippen LogP contribution < -0.4 is 16.0 Å². The van der Waals surface area contributed by atoms with Crippen molar-refractivity contribution >= 4 is 28.2 Å². The third-order valence-electron chi connectivity index (χ3n) is 2.26. The maximum Gasteiger partial charge on any atom is 0.222 e. The van der Waals surface area contributed by atoms with E-state index >= 15 is 0 Å². The number of ether oxygens (including phenoxy) is 1. The lowest BCUT2D eigenvalue weighted by Gasteiger charge is -2.06. The highest BCUT2D eigenvalue weighted by atomic mass is 32.1. The van der Waals surface area contributed by atoms with E-state index in [9.17, 15) is 0 Å². The number of hydrogen-bond donors (Lipinski definition) is 2. The third kappa shape index (κ3) is 1.65. The summed E-state index contributed by atoms with van der Waals surface area (Å²) < 4.78 is 10.5. The Balaban J connectivity index is 2.85. The van der Waals surface area contributed by atoms with Crippen LogP contribution in [0.2, 0.25) is 0 Å². The lowest BCUT2D eigenvalue weighted by Crippen LogP contribution is -2.19. The molecule has 0 aliphatic rings. The molecule has 0 fully saturated rings. The SMILES string of the molecule is COc1cccc2oc(=N)c(C(N)=S)cc12. The highest BCUT2D eigenvalue weighted by molar-refractivity contribution is 7.80. The standard InChI is InChI=1S/C11H10N2O2S/c1-14-8-3-2-4-9-6(8)5-7(11(13)16)10(12)15-9/h2-5,12H,1H3,(H2,13,16). The number of thiocarbonyl (C=S) groups is 1. The first-order chi connectivity index (χ1) is 7.63. The Morgan fingerprint density at radius 3 is 2.88 bits per heavy atom. The Morgan fingerprint density at radius 2 is 2.25 bits per heavy atom. The smallest absolute Gasteiger partial charge is 0.222 e. The van der Waals surface area contributed by atoms with Gasteiger partial charge in [-0.1, -0.05) is 18.3 Å². The zero-order valence-corrected chi connectivity index (χ0v) is 9.43. The van der Waals surface area contributed by atoms with Crippen molar-refractivity contribution in [2.75, 3.05) is 7.11 Å². The second-order valence-electron chi connectivity index (χ2n) is 3.23. The predicted molar refractivity (Wildman–Crippen MR) is 64.5 cm³/mol. The number of benzene rings is 1. The van der Waals surface area contributed by atoms with E-state index in [0.717, 1.165) is 5.39 Å². The van der Waals surface area contributed by atoms with Crippen molar-refractivity contribution < 1.29 is 9.15 Å². The van der Waals surface area contributed by atoms with E-state index in [1.165, 1.54) is 0 Å². The summed E-state index contributed by atoms with van der Waals surface area (Å²) in [5, 5.41) is 8.39. The number of nitrogens with one attached hydrogen (secondary N) is 1. The first-order valence-electron chi connectivity index (χ1n) is 4.58. The van der Waals surface area contributed by atoms with E-state index in [1.54, 1.807) is 25.3 Å². The fourth-order valence-electron chi connectivity index (χ4n) is 1.49. The molecule has 2 aromatic rings. The minimum Gasteiger partial charge on any atom is -0.496 e. The van der Waals surface area contributed by atoms with Crippen LogP contribution in [0.4, 0.5) is 0 Å². The van der Waals surface area contributed by atoms with Gasteiger partial charge in [0.1, 0.15) is 16.3 Å². The molecule has 2 rings (SSSR count). The summed E-state index contributed by atoms with van der Waals surface area (Å²) in [6.45, 7) is 0. The lowest BCUT2D eigenvalue weighted by molar-refractivity contribution is 0.418. The first kappa shape index (κ1) is 10.6. The lowest BCUT2D eigenvalue weighted by atomic mass is 10.1. The zero-order valence-electron chi connectivity index (χ0n) is 8.61. The molecule has 0 atom stereocenters. The van der Waals surface area contributed by atoms with Crippen LogP contribution in [0.25, 0.3) is 11.0 Å². The fourth-order valence-corrected chi connectivity index (χ4v) is 1.64. The van der Waals surface area contributed by atoms with Crippen LogP contribution in [0.5, 0.6) is 5.75 Å². The number of rotatable bonds is 2. The van der Waals surface area contributed by atoms with Crippen molar-refractivity contribution in [2.24, 2.45) is 5.73 Å². The molecule has 1 heterocycles. The molecule has 0 saturated heterocycles. The van der Waals surface area contributed by atoms with Crippen molar-refractivity contribution in [3.63, 3.8) is 0 Å². The van der Waals surface area contributed by atoms with Gasteiger partial charge in [0.2, 0.25) is 5.55 Å². The van der Waals surface area contributed by atoms with Gasteiger partial charge in [0, 0.05) is 0 Å². The maximum absolute atomic E-state index is 7.64. The van der Waals surface area contributed by atoms with E-state index < -0.39 is 0 Å². The molecule has 1 aromatic heterocycles. The van der Waals surface area contributed by atoms with Gasteiger partial charge < -0.3 is 14.9 Å². The van der Waals surface area contributed by atoms with Crippen LogP contribution >= 0.6 is 12.2 Å². The van der Waals surface area contributed by atoms with Gasteiger partial charge in [-0.15, -0.1) is 0 Å². The number of nitrogens with two attached hydrogens (primary N) is 1. The highest BCUT2D eigenvalue weighted by Gasteiger charge is 2.08. The Kier molecular flexibility index (Phi) is 2.62. The van der Waals surface area contributed by atoms with Crippen LogP contribution in [-0.4, -0.2) is 12.1 Å². The normalized spacial score (nSPS) is 10.3. The van der Waals surface area contributed by atoms with Crippen molar-refractivity contribution in [1.82, 2.24) is 0 Å². The number of fused-ring (bicyclic) bond motifs is 1. The second kappa shape index (κ2) is 3.94. The average Bonchev–Trinajstić information content (AvgIpc) is 2.26. The van der Waals surface area contributed by atoms with Crippen LogP contribution in [0.3, 0.4) is 0 Å². The molecule has 5 heteroatoms. The number of methoxy groups -OCH3 is 1. The highest BCUT2D eigenvalue weighted by Crippen LogP contribution is 2.24. The molecule has 0 radical (unpaired) electrons. The van der Waals surface area contributed by atoms with Gasteiger partial charge in [-0.25, -0.2) is 0 Å². The summed E-state index contributed by atoms with van der Waals surface area (Å²) in [6.07, 6.45) is 0. The van der Waals surface area contributed by atoms with Gasteiger partial charge in [0.15, 0.2) is 0 Å².